The Morgan fingerprint density at radius 1 is 0.219 bits per heavy atom. The van der Waals surface area contributed by atoms with Crippen LogP contribution in [0, 0.1) is 0 Å². The smallest absolute Gasteiger partial charge is 0.00138 e. The highest BCUT2D eigenvalue weighted by atomic mass is 31.1. The summed E-state index contributed by atoms with van der Waals surface area (Å²) >= 11 is 0. The Hall–Kier alpha value is -6.94. The van der Waals surface area contributed by atoms with Gasteiger partial charge in [-0.25, -0.2) is 0 Å². The van der Waals surface area contributed by atoms with Crippen molar-refractivity contribution >= 4 is 102 Å². The summed E-state index contributed by atoms with van der Waals surface area (Å²) in [6.45, 7) is 0. The van der Waals surface area contributed by atoms with Crippen molar-refractivity contribution in [1.82, 2.24) is 0 Å². The molecule has 12 aromatic rings. The standard InChI is InChI=1S/C62H44P2/c1-5-19-49-37-55(33-29-43(49)13-1)63(56-34-30-44-14-2-6-20-50(44)38-56)41-53-27-25-47-17-9-11-23-59(47)61(53)62-54(28-26-48-18-10-12-24-60(48)62)42-64(57-35-31-45-15-3-7-21-51(45)39-57)58-36-32-46-16-4-8-22-52(46)40-58/h1-40H,41-42H2. The van der Waals surface area contributed by atoms with Crippen LogP contribution in [-0.2, 0) is 12.3 Å². The van der Waals surface area contributed by atoms with E-state index in [1.807, 2.05) is 0 Å². The zero-order valence-electron chi connectivity index (χ0n) is 35.4. The first-order chi connectivity index (χ1) is 31.7. The summed E-state index contributed by atoms with van der Waals surface area (Å²) in [6, 6.07) is 91.7. The summed E-state index contributed by atoms with van der Waals surface area (Å²) in [5, 5.41) is 21.0. The number of hydrogen-bond donors (Lipinski definition) is 0. The van der Waals surface area contributed by atoms with Crippen molar-refractivity contribution in [3.05, 3.63) is 254 Å². The van der Waals surface area contributed by atoms with Crippen molar-refractivity contribution in [2.24, 2.45) is 0 Å². The van der Waals surface area contributed by atoms with Crippen molar-refractivity contribution in [1.29, 1.82) is 0 Å². The molecule has 0 aliphatic rings. The van der Waals surface area contributed by atoms with E-state index in [1.54, 1.807) is 0 Å². The minimum absolute atomic E-state index is 0.807. The molecule has 0 atom stereocenters. The van der Waals surface area contributed by atoms with Crippen LogP contribution in [0.4, 0.5) is 0 Å². The van der Waals surface area contributed by atoms with Crippen LogP contribution in [-0.4, -0.2) is 0 Å². The van der Waals surface area contributed by atoms with Crippen molar-refractivity contribution < 1.29 is 0 Å². The molecule has 302 valence electrons. The Labute approximate surface area is 377 Å². The summed E-state index contributed by atoms with van der Waals surface area (Å²) in [7, 11) is -1.61. The second-order valence-electron chi connectivity index (χ2n) is 16.9. The average Bonchev–Trinajstić information content (AvgIpc) is 3.36. The molecule has 0 amide bonds. The van der Waals surface area contributed by atoms with Crippen molar-refractivity contribution in [3.8, 4) is 11.1 Å². The van der Waals surface area contributed by atoms with Crippen LogP contribution in [0.1, 0.15) is 11.1 Å². The van der Waals surface area contributed by atoms with E-state index in [0.29, 0.717) is 0 Å². The maximum Gasteiger partial charge on any atom is 0.00138 e. The number of hydrogen-bond acceptors (Lipinski definition) is 0. The molecule has 0 aliphatic carbocycles. The van der Waals surface area contributed by atoms with Crippen molar-refractivity contribution in [2.75, 3.05) is 0 Å². The fourth-order valence-electron chi connectivity index (χ4n) is 9.87. The molecule has 0 heterocycles. The van der Waals surface area contributed by atoms with Crippen molar-refractivity contribution in [2.45, 2.75) is 12.3 Å². The molecule has 0 saturated carbocycles. The van der Waals surface area contributed by atoms with E-state index in [2.05, 4.69) is 243 Å². The molecule has 0 aromatic heterocycles. The van der Waals surface area contributed by atoms with Gasteiger partial charge < -0.3 is 0 Å². The summed E-state index contributed by atoms with van der Waals surface area (Å²) in [5.41, 5.74) is 5.52. The van der Waals surface area contributed by atoms with Gasteiger partial charge in [0.15, 0.2) is 0 Å². The summed E-state index contributed by atoms with van der Waals surface area (Å²) in [6.07, 6.45) is 1.83. The lowest BCUT2D eigenvalue weighted by Crippen LogP contribution is -2.15. The zero-order chi connectivity index (χ0) is 42.4. The molecule has 0 bridgehead atoms. The average molecular weight is 851 g/mol. The van der Waals surface area contributed by atoms with E-state index < -0.39 is 15.8 Å². The van der Waals surface area contributed by atoms with Gasteiger partial charge in [-0.3, -0.25) is 0 Å². The maximum atomic E-state index is 2.46. The first-order valence-corrected chi connectivity index (χ1v) is 25.3. The van der Waals surface area contributed by atoms with Gasteiger partial charge in [0.25, 0.3) is 0 Å². The van der Waals surface area contributed by atoms with Gasteiger partial charge in [0.05, 0.1) is 0 Å². The second-order valence-corrected chi connectivity index (χ2v) is 21.3. The minimum Gasteiger partial charge on any atom is -0.0616 e. The van der Waals surface area contributed by atoms with Gasteiger partial charge in [-0.2, -0.15) is 0 Å². The molecule has 0 fully saturated rings. The van der Waals surface area contributed by atoms with E-state index in [4.69, 9.17) is 0 Å². The normalized spacial score (nSPS) is 11.8. The molecule has 0 nitrogen and oxygen atoms in total. The van der Waals surface area contributed by atoms with Gasteiger partial charge in [-0.05, 0) is 148 Å². The quantitative estimate of drug-likeness (QED) is 0.127. The van der Waals surface area contributed by atoms with Gasteiger partial charge >= 0.3 is 0 Å². The first kappa shape index (κ1) is 38.7. The first-order valence-electron chi connectivity index (χ1n) is 22.2. The lowest BCUT2D eigenvalue weighted by Gasteiger charge is -2.26. The lowest BCUT2D eigenvalue weighted by molar-refractivity contribution is 1.38. The number of rotatable bonds is 9. The molecule has 2 heteroatoms. The Bertz CT molecular complexity index is 3310. The topological polar surface area (TPSA) is 0 Å². The molecule has 0 aliphatic heterocycles. The van der Waals surface area contributed by atoms with Crippen LogP contribution in [0.25, 0.3) is 75.8 Å². The van der Waals surface area contributed by atoms with E-state index in [9.17, 15) is 0 Å². The number of fused-ring (bicyclic) bond motifs is 6. The highest BCUT2D eigenvalue weighted by Gasteiger charge is 2.25. The van der Waals surface area contributed by atoms with Crippen LogP contribution in [0.2, 0.25) is 0 Å². The van der Waals surface area contributed by atoms with E-state index in [-0.39, 0.29) is 0 Å². The highest BCUT2D eigenvalue weighted by molar-refractivity contribution is 7.72. The van der Waals surface area contributed by atoms with Crippen molar-refractivity contribution in [3.63, 3.8) is 0 Å². The van der Waals surface area contributed by atoms with E-state index in [1.165, 1.54) is 108 Å². The largest absolute Gasteiger partial charge is 0.0616 e. The fraction of sp³-hybridized carbons (Fsp3) is 0.0323. The molecule has 0 unspecified atom stereocenters. The molecular formula is C62H44P2. The molecule has 0 radical (unpaired) electrons. The minimum atomic E-state index is -0.807. The predicted octanol–water partition coefficient (Wildman–Crippen LogP) is 15.5. The molecule has 0 N–H and O–H groups in total. The van der Waals surface area contributed by atoms with Crippen LogP contribution in [0.5, 0.6) is 0 Å². The Balaban J connectivity index is 1.08. The Morgan fingerprint density at radius 2 is 0.469 bits per heavy atom. The molecule has 0 spiro atoms. The van der Waals surface area contributed by atoms with Gasteiger partial charge in [-0.1, -0.05) is 218 Å². The van der Waals surface area contributed by atoms with Gasteiger partial charge in [-0.15, -0.1) is 0 Å². The third-order valence-corrected chi connectivity index (χ3v) is 18.0. The summed E-state index contributed by atoms with van der Waals surface area (Å²) in [4.78, 5) is 0. The molecule has 12 rings (SSSR count). The summed E-state index contributed by atoms with van der Waals surface area (Å²) in [5.74, 6) is 0. The van der Waals surface area contributed by atoms with Crippen LogP contribution in [0.15, 0.2) is 243 Å². The molecule has 0 saturated heterocycles. The SMILES string of the molecule is c1ccc2cc(P(Cc3ccc4ccccc4c3-c3c(CP(c4ccc5ccccc5c4)c4ccc5ccccc5c4)ccc4ccccc34)c3ccc4ccccc4c3)ccc2c1. The highest BCUT2D eigenvalue weighted by Crippen LogP contribution is 2.49. The van der Waals surface area contributed by atoms with E-state index in [0.717, 1.165) is 12.3 Å². The third-order valence-electron chi connectivity index (χ3n) is 13.1. The van der Waals surface area contributed by atoms with Gasteiger partial charge in [0.2, 0.25) is 0 Å². The monoisotopic (exact) mass is 850 g/mol. The maximum absolute atomic E-state index is 2.46. The van der Waals surface area contributed by atoms with Crippen LogP contribution >= 0.6 is 15.8 Å². The fourth-order valence-corrected chi connectivity index (χ4v) is 14.6. The summed E-state index contributed by atoms with van der Waals surface area (Å²) < 4.78 is 0. The Kier molecular flexibility index (Phi) is 10.1. The van der Waals surface area contributed by atoms with Gasteiger partial charge in [0.1, 0.15) is 0 Å². The Morgan fingerprint density at radius 3 is 0.781 bits per heavy atom. The predicted molar refractivity (Wildman–Crippen MR) is 282 cm³/mol. The number of benzene rings is 12. The molecule has 64 heavy (non-hydrogen) atoms. The zero-order valence-corrected chi connectivity index (χ0v) is 37.2. The second kappa shape index (κ2) is 16.6. The lowest BCUT2D eigenvalue weighted by atomic mass is 9.88. The molecular weight excluding hydrogens is 807 g/mol. The van der Waals surface area contributed by atoms with Gasteiger partial charge in [0, 0.05) is 12.3 Å². The van der Waals surface area contributed by atoms with E-state index >= 15 is 0 Å². The van der Waals surface area contributed by atoms with Crippen LogP contribution < -0.4 is 21.2 Å². The third kappa shape index (κ3) is 7.24. The molecule has 12 aromatic carbocycles. The van der Waals surface area contributed by atoms with Crippen LogP contribution in [0.3, 0.4) is 0 Å².